The average molecular weight is 265 g/mol. The lowest BCUT2D eigenvalue weighted by molar-refractivity contribution is 0.0526. The summed E-state index contributed by atoms with van der Waals surface area (Å²) in [5.41, 5.74) is 7.80. The molecule has 1 aromatic rings. The monoisotopic (exact) mass is 265 g/mol. The van der Waals surface area contributed by atoms with Crippen molar-refractivity contribution in [3.05, 3.63) is 23.8 Å². The number of rotatable bonds is 6. The Labute approximate surface area is 114 Å². The molecule has 19 heavy (non-hydrogen) atoms. The van der Waals surface area contributed by atoms with Gasteiger partial charge in [0.2, 0.25) is 0 Å². The third kappa shape index (κ3) is 4.44. The molecule has 0 aliphatic rings. The zero-order valence-electron chi connectivity index (χ0n) is 12.1. The Kier molecular flexibility index (Phi) is 5.63. The van der Waals surface area contributed by atoms with E-state index in [9.17, 15) is 4.79 Å². The zero-order chi connectivity index (χ0) is 14.4. The van der Waals surface area contributed by atoms with E-state index in [0.29, 0.717) is 23.9 Å². The molecule has 106 valence electrons. The van der Waals surface area contributed by atoms with E-state index in [1.54, 1.807) is 25.1 Å². The molecule has 0 aromatic heterocycles. The fourth-order valence-corrected chi connectivity index (χ4v) is 1.49. The van der Waals surface area contributed by atoms with Crippen molar-refractivity contribution >= 4 is 17.3 Å². The Balaban J connectivity index is 2.77. The number of carbonyl (C=O) groups excluding carboxylic acids is 1. The second-order valence-corrected chi connectivity index (χ2v) is 4.72. The number of nitrogens with two attached hydrogens (primary N) is 1. The summed E-state index contributed by atoms with van der Waals surface area (Å²) < 4.78 is 4.97. The lowest BCUT2D eigenvalue weighted by Gasteiger charge is -2.21. The van der Waals surface area contributed by atoms with Gasteiger partial charge in [0.25, 0.3) is 0 Å². The Hall–Kier alpha value is -1.75. The molecule has 0 aliphatic carbocycles. The predicted octanol–water partition coefficient (Wildman–Crippen LogP) is 1.81. The van der Waals surface area contributed by atoms with Gasteiger partial charge in [-0.2, -0.15) is 0 Å². The third-order valence-electron chi connectivity index (χ3n) is 3.03. The highest BCUT2D eigenvalue weighted by atomic mass is 16.5. The largest absolute Gasteiger partial charge is 0.462 e. The van der Waals surface area contributed by atoms with Gasteiger partial charge in [-0.15, -0.1) is 0 Å². The highest BCUT2D eigenvalue weighted by Crippen LogP contribution is 2.20. The lowest BCUT2D eigenvalue weighted by Crippen LogP contribution is -2.31. The molecule has 5 heteroatoms. The third-order valence-corrected chi connectivity index (χ3v) is 3.03. The molecule has 0 saturated carbocycles. The number of nitrogen functional groups attached to an aromatic ring is 1. The quantitative estimate of drug-likeness (QED) is 0.606. The number of ether oxygens (including phenoxy) is 1. The second kappa shape index (κ2) is 6.99. The minimum atomic E-state index is -0.328. The van der Waals surface area contributed by atoms with E-state index in [1.165, 1.54) is 0 Å². The van der Waals surface area contributed by atoms with Gasteiger partial charge in [0.1, 0.15) is 0 Å². The first kappa shape index (κ1) is 15.3. The van der Waals surface area contributed by atoms with Crippen molar-refractivity contribution < 1.29 is 9.53 Å². The van der Waals surface area contributed by atoms with E-state index in [2.05, 4.69) is 17.1 Å². The molecule has 1 unspecified atom stereocenters. The van der Waals surface area contributed by atoms with Gasteiger partial charge in [0.05, 0.1) is 23.5 Å². The molecule has 0 aliphatic heterocycles. The molecule has 0 amide bonds. The molecule has 3 N–H and O–H groups in total. The number of nitrogens with zero attached hydrogens (tertiary/aromatic N) is 1. The van der Waals surface area contributed by atoms with Crippen LogP contribution in [-0.4, -0.2) is 44.2 Å². The highest BCUT2D eigenvalue weighted by Gasteiger charge is 2.10. The number of nitrogens with one attached hydrogen (secondary N) is 1. The standard InChI is InChI=1S/C14H23N3O2/c1-5-19-14(18)11-6-7-12(15)13(8-11)16-9-10(2)17(3)4/h6-8,10,16H,5,9,15H2,1-4H3. The van der Waals surface area contributed by atoms with Crippen LogP contribution in [0.5, 0.6) is 0 Å². The number of carbonyl (C=O) groups is 1. The first-order chi connectivity index (χ1) is 8.95. The Bertz CT molecular complexity index is 433. The van der Waals surface area contributed by atoms with Crippen LogP contribution in [-0.2, 0) is 4.74 Å². The Morgan fingerprint density at radius 1 is 1.47 bits per heavy atom. The predicted molar refractivity (Wildman–Crippen MR) is 78.4 cm³/mol. The molecule has 0 saturated heterocycles. The fraction of sp³-hybridized carbons (Fsp3) is 0.500. The average Bonchev–Trinajstić information content (AvgIpc) is 2.37. The van der Waals surface area contributed by atoms with E-state index in [0.717, 1.165) is 12.2 Å². The zero-order valence-corrected chi connectivity index (χ0v) is 12.1. The van der Waals surface area contributed by atoms with Crippen molar-refractivity contribution in [1.29, 1.82) is 0 Å². The van der Waals surface area contributed by atoms with Gasteiger partial charge in [-0.3, -0.25) is 0 Å². The molecule has 0 spiro atoms. The van der Waals surface area contributed by atoms with Crippen LogP contribution in [0.3, 0.4) is 0 Å². The Morgan fingerprint density at radius 3 is 2.74 bits per heavy atom. The van der Waals surface area contributed by atoms with Crippen molar-refractivity contribution in [2.24, 2.45) is 0 Å². The van der Waals surface area contributed by atoms with Gasteiger partial charge in [0, 0.05) is 12.6 Å². The van der Waals surface area contributed by atoms with Gasteiger partial charge < -0.3 is 20.7 Å². The SMILES string of the molecule is CCOC(=O)c1ccc(N)c(NCC(C)N(C)C)c1. The number of likely N-dealkylation sites (N-methyl/N-ethyl adjacent to an activating group) is 1. The molecular weight excluding hydrogens is 242 g/mol. The second-order valence-electron chi connectivity index (χ2n) is 4.72. The smallest absolute Gasteiger partial charge is 0.338 e. The minimum Gasteiger partial charge on any atom is -0.462 e. The number of esters is 1. The molecule has 0 heterocycles. The topological polar surface area (TPSA) is 67.6 Å². The van der Waals surface area contributed by atoms with E-state index >= 15 is 0 Å². The first-order valence-electron chi connectivity index (χ1n) is 6.42. The van der Waals surface area contributed by atoms with Gasteiger partial charge in [-0.25, -0.2) is 4.79 Å². The van der Waals surface area contributed by atoms with Crippen LogP contribution in [0.15, 0.2) is 18.2 Å². The lowest BCUT2D eigenvalue weighted by atomic mass is 10.1. The van der Waals surface area contributed by atoms with Crippen LogP contribution in [0.2, 0.25) is 0 Å². The summed E-state index contributed by atoms with van der Waals surface area (Å²) in [6.45, 7) is 5.01. The van der Waals surface area contributed by atoms with Gasteiger partial charge in [0.15, 0.2) is 0 Å². The normalized spacial score (nSPS) is 12.3. The van der Waals surface area contributed by atoms with E-state index in [1.807, 2.05) is 14.1 Å². The van der Waals surface area contributed by atoms with E-state index in [4.69, 9.17) is 10.5 Å². The Morgan fingerprint density at radius 2 is 2.16 bits per heavy atom. The molecule has 1 rings (SSSR count). The maximum Gasteiger partial charge on any atom is 0.338 e. The van der Waals surface area contributed by atoms with Crippen LogP contribution in [0, 0.1) is 0 Å². The molecule has 1 atom stereocenters. The maximum absolute atomic E-state index is 11.7. The molecule has 0 radical (unpaired) electrons. The highest BCUT2D eigenvalue weighted by molar-refractivity contribution is 5.92. The maximum atomic E-state index is 11.7. The number of benzene rings is 1. The van der Waals surface area contributed by atoms with Crippen LogP contribution < -0.4 is 11.1 Å². The van der Waals surface area contributed by atoms with Crippen LogP contribution in [0.25, 0.3) is 0 Å². The molecule has 0 fully saturated rings. The number of hydrogen-bond acceptors (Lipinski definition) is 5. The molecule has 5 nitrogen and oxygen atoms in total. The van der Waals surface area contributed by atoms with Crippen LogP contribution >= 0.6 is 0 Å². The summed E-state index contributed by atoms with van der Waals surface area (Å²) in [6, 6.07) is 5.49. The summed E-state index contributed by atoms with van der Waals surface area (Å²) in [5, 5.41) is 3.26. The summed E-state index contributed by atoms with van der Waals surface area (Å²) in [5.74, 6) is -0.328. The number of anilines is 2. The van der Waals surface area contributed by atoms with Gasteiger partial charge >= 0.3 is 5.97 Å². The van der Waals surface area contributed by atoms with Gasteiger partial charge in [-0.05, 0) is 46.1 Å². The van der Waals surface area contributed by atoms with E-state index in [-0.39, 0.29) is 5.97 Å². The summed E-state index contributed by atoms with van der Waals surface area (Å²) in [7, 11) is 4.04. The molecule has 1 aromatic carbocycles. The molecular formula is C14H23N3O2. The van der Waals surface area contributed by atoms with Gasteiger partial charge in [-0.1, -0.05) is 0 Å². The van der Waals surface area contributed by atoms with Crippen molar-refractivity contribution in [3.8, 4) is 0 Å². The minimum absolute atomic E-state index is 0.328. The fourth-order valence-electron chi connectivity index (χ4n) is 1.49. The summed E-state index contributed by atoms with van der Waals surface area (Å²) in [6.07, 6.45) is 0. The van der Waals surface area contributed by atoms with Crippen molar-refractivity contribution in [3.63, 3.8) is 0 Å². The molecule has 0 bridgehead atoms. The first-order valence-corrected chi connectivity index (χ1v) is 6.42. The van der Waals surface area contributed by atoms with Crippen molar-refractivity contribution in [1.82, 2.24) is 4.90 Å². The van der Waals surface area contributed by atoms with Crippen molar-refractivity contribution in [2.45, 2.75) is 19.9 Å². The summed E-state index contributed by atoms with van der Waals surface area (Å²) >= 11 is 0. The summed E-state index contributed by atoms with van der Waals surface area (Å²) in [4.78, 5) is 13.8. The van der Waals surface area contributed by atoms with Crippen LogP contribution in [0.1, 0.15) is 24.2 Å². The number of hydrogen-bond donors (Lipinski definition) is 2. The van der Waals surface area contributed by atoms with Crippen molar-refractivity contribution in [2.75, 3.05) is 38.3 Å². The van der Waals surface area contributed by atoms with Crippen LogP contribution in [0.4, 0.5) is 11.4 Å². The van der Waals surface area contributed by atoms with E-state index < -0.39 is 0 Å².